The van der Waals surface area contributed by atoms with Gasteiger partial charge in [-0.3, -0.25) is 0 Å². The van der Waals surface area contributed by atoms with Crippen LogP contribution in [0.1, 0.15) is 23.0 Å². The molecule has 106 valence electrons. The Labute approximate surface area is 127 Å². The van der Waals surface area contributed by atoms with Crippen LogP contribution in [0.3, 0.4) is 0 Å². The molecule has 0 amide bonds. The summed E-state index contributed by atoms with van der Waals surface area (Å²) >= 11 is 3.30. The molecule has 1 N–H and O–H groups in total. The van der Waals surface area contributed by atoms with Crippen LogP contribution in [0.4, 0.5) is 0 Å². The minimum Gasteiger partial charge on any atom is -0.497 e. The van der Waals surface area contributed by atoms with Gasteiger partial charge in [0.05, 0.1) is 7.11 Å². The van der Waals surface area contributed by atoms with Gasteiger partial charge in [0, 0.05) is 11.3 Å². The van der Waals surface area contributed by atoms with Gasteiger partial charge in [-0.05, 0) is 55.2 Å². The van der Waals surface area contributed by atoms with Gasteiger partial charge in [-0.25, -0.2) is 4.98 Å². The van der Waals surface area contributed by atoms with Crippen molar-refractivity contribution >= 4 is 23.3 Å². The predicted molar refractivity (Wildman–Crippen MR) is 82.8 cm³/mol. The molecule has 0 fully saturated rings. The van der Waals surface area contributed by atoms with Gasteiger partial charge in [-0.1, -0.05) is 17.8 Å². The fourth-order valence-electron chi connectivity index (χ4n) is 2.62. The van der Waals surface area contributed by atoms with E-state index in [1.165, 1.54) is 22.7 Å². The molecule has 0 aliphatic heterocycles. The minimum atomic E-state index is 0.328. The Kier molecular flexibility index (Phi) is 3.96. The Morgan fingerprint density at radius 3 is 2.95 bits per heavy atom. The molecule has 0 saturated carbocycles. The first-order valence-corrected chi connectivity index (χ1v) is 8.17. The van der Waals surface area contributed by atoms with Gasteiger partial charge in [-0.15, -0.1) is 0 Å². The number of aryl methyl sites for hydroxylation is 1. The van der Waals surface area contributed by atoms with Gasteiger partial charge in [0.1, 0.15) is 11.6 Å². The van der Waals surface area contributed by atoms with Crippen LogP contribution >= 0.6 is 23.3 Å². The summed E-state index contributed by atoms with van der Waals surface area (Å²) in [6.07, 6.45) is 1.05. The highest BCUT2D eigenvalue weighted by molar-refractivity contribution is 8.01. The van der Waals surface area contributed by atoms with Gasteiger partial charge < -0.3 is 10.1 Å². The summed E-state index contributed by atoms with van der Waals surface area (Å²) in [6.45, 7) is 1.93. The topological polar surface area (TPSA) is 47.0 Å². The first-order valence-electron chi connectivity index (χ1n) is 6.52. The Morgan fingerprint density at radius 1 is 1.45 bits per heavy atom. The van der Waals surface area contributed by atoms with Crippen molar-refractivity contribution in [3.05, 3.63) is 35.2 Å². The van der Waals surface area contributed by atoms with Crippen LogP contribution < -0.4 is 10.1 Å². The summed E-state index contributed by atoms with van der Waals surface area (Å²) < 4.78 is 10.6. The van der Waals surface area contributed by atoms with E-state index < -0.39 is 0 Å². The molecule has 0 radical (unpaired) electrons. The highest BCUT2D eigenvalue weighted by Gasteiger charge is 2.33. The molecule has 2 unspecified atom stereocenters. The van der Waals surface area contributed by atoms with Crippen molar-refractivity contribution < 1.29 is 4.74 Å². The van der Waals surface area contributed by atoms with Crippen molar-refractivity contribution in [2.75, 3.05) is 14.2 Å². The van der Waals surface area contributed by atoms with Gasteiger partial charge >= 0.3 is 0 Å². The SMILES string of the molecule is CNC1c2cc(OC)ccc2CC1Sc1nc(C)ns1. The average Bonchev–Trinajstić information content (AvgIpc) is 3.01. The quantitative estimate of drug-likeness (QED) is 0.941. The Balaban J connectivity index is 1.84. The number of rotatable bonds is 4. The summed E-state index contributed by atoms with van der Waals surface area (Å²) in [6, 6.07) is 6.68. The number of nitrogens with one attached hydrogen (secondary N) is 1. The molecule has 1 aliphatic rings. The second-order valence-electron chi connectivity index (χ2n) is 4.80. The molecule has 2 aromatic rings. The molecule has 3 rings (SSSR count). The molecule has 20 heavy (non-hydrogen) atoms. The number of ether oxygens (including phenoxy) is 1. The van der Waals surface area contributed by atoms with E-state index in [-0.39, 0.29) is 0 Å². The lowest BCUT2D eigenvalue weighted by Crippen LogP contribution is -2.23. The third-order valence-electron chi connectivity index (χ3n) is 3.55. The molecule has 0 bridgehead atoms. The summed E-state index contributed by atoms with van der Waals surface area (Å²) in [5.74, 6) is 1.78. The first-order chi connectivity index (χ1) is 9.71. The molecule has 1 aliphatic carbocycles. The number of hydrogen-bond acceptors (Lipinski definition) is 6. The van der Waals surface area contributed by atoms with Crippen molar-refractivity contribution in [1.29, 1.82) is 0 Å². The molecule has 2 atom stereocenters. The van der Waals surface area contributed by atoms with E-state index in [0.29, 0.717) is 11.3 Å². The smallest absolute Gasteiger partial charge is 0.170 e. The van der Waals surface area contributed by atoms with Crippen molar-refractivity contribution in [2.45, 2.75) is 29.0 Å². The lowest BCUT2D eigenvalue weighted by molar-refractivity contribution is 0.413. The van der Waals surface area contributed by atoms with Crippen LogP contribution in [-0.2, 0) is 6.42 Å². The number of methoxy groups -OCH3 is 1. The summed E-state index contributed by atoms with van der Waals surface area (Å²) in [5.41, 5.74) is 2.73. The van der Waals surface area contributed by atoms with Gasteiger partial charge in [0.15, 0.2) is 4.34 Å². The third-order valence-corrected chi connectivity index (χ3v) is 5.70. The summed E-state index contributed by atoms with van der Waals surface area (Å²) in [5, 5.41) is 3.88. The van der Waals surface area contributed by atoms with Crippen LogP contribution in [0, 0.1) is 6.92 Å². The third kappa shape index (κ3) is 2.55. The maximum absolute atomic E-state index is 5.33. The van der Waals surface area contributed by atoms with Gasteiger partial charge in [0.25, 0.3) is 0 Å². The Hall–Kier alpha value is -1.11. The van der Waals surface area contributed by atoms with Gasteiger partial charge in [-0.2, -0.15) is 4.37 Å². The summed E-state index contributed by atoms with van der Waals surface area (Å²) in [7, 11) is 3.72. The fraction of sp³-hybridized carbons (Fsp3) is 0.429. The van der Waals surface area contributed by atoms with Crippen LogP contribution in [0.2, 0.25) is 0 Å². The van der Waals surface area contributed by atoms with Crippen molar-refractivity contribution in [1.82, 2.24) is 14.7 Å². The zero-order valence-corrected chi connectivity index (χ0v) is 13.3. The van der Waals surface area contributed by atoms with E-state index >= 15 is 0 Å². The lowest BCUT2D eigenvalue weighted by atomic mass is 10.1. The number of benzene rings is 1. The number of aromatic nitrogens is 2. The average molecular weight is 307 g/mol. The zero-order chi connectivity index (χ0) is 14.1. The minimum absolute atomic E-state index is 0.328. The Morgan fingerprint density at radius 2 is 2.30 bits per heavy atom. The number of hydrogen-bond donors (Lipinski definition) is 1. The van der Waals surface area contributed by atoms with Crippen molar-refractivity contribution in [3.8, 4) is 5.75 Å². The normalized spacial score (nSPS) is 20.9. The molecular weight excluding hydrogens is 290 g/mol. The molecule has 1 aromatic carbocycles. The number of thioether (sulfide) groups is 1. The van der Waals surface area contributed by atoms with E-state index in [1.54, 1.807) is 7.11 Å². The van der Waals surface area contributed by atoms with E-state index in [9.17, 15) is 0 Å². The van der Waals surface area contributed by atoms with Crippen molar-refractivity contribution in [3.63, 3.8) is 0 Å². The molecular formula is C14H17N3OS2. The number of fused-ring (bicyclic) bond motifs is 1. The van der Waals surface area contributed by atoms with E-state index in [2.05, 4.69) is 26.8 Å². The standard InChI is InChI=1S/C14H17N3OS2/c1-8-16-14(20-17-8)19-12-6-9-4-5-10(18-3)7-11(9)13(12)15-2/h4-5,7,12-13,15H,6H2,1-3H3. The summed E-state index contributed by atoms with van der Waals surface area (Å²) in [4.78, 5) is 4.46. The first kappa shape index (κ1) is 13.9. The molecule has 6 heteroatoms. The highest BCUT2D eigenvalue weighted by Crippen LogP contribution is 2.42. The van der Waals surface area contributed by atoms with Gasteiger partial charge in [0.2, 0.25) is 0 Å². The molecule has 0 saturated heterocycles. The van der Waals surface area contributed by atoms with Crippen LogP contribution in [0.25, 0.3) is 0 Å². The molecule has 1 aromatic heterocycles. The Bertz CT molecular complexity index is 614. The highest BCUT2D eigenvalue weighted by atomic mass is 32.2. The largest absolute Gasteiger partial charge is 0.497 e. The molecule has 0 spiro atoms. The van der Waals surface area contributed by atoms with Crippen molar-refractivity contribution in [2.24, 2.45) is 0 Å². The monoisotopic (exact) mass is 307 g/mol. The second-order valence-corrected chi connectivity index (χ2v) is 7.04. The fourth-order valence-corrected chi connectivity index (χ4v) is 4.82. The second kappa shape index (κ2) is 5.71. The number of nitrogens with zero attached hydrogens (tertiary/aromatic N) is 2. The van der Waals surface area contributed by atoms with Crippen LogP contribution in [0.5, 0.6) is 5.75 Å². The van der Waals surface area contributed by atoms with Crippen LogP contribution in [0.15, 0.2) is 22.5 Å². The van der Waals surface area contributed by atoms with Crippen LogP contribution in [-0.4, -0.2) is 28.8 Å². The van der Waals surface area contributed by atoms with E-state index in [1.807, 2.05) is 31.8 Å². The zero-order valence-electron chi connectivity index (χ0n) is 11.7. The molecule has 4 nitrogen and oxygen atoms in total. The van der Waals surface area contributed by atoms with E-state index in [0.717, 1.165) is 22.3 Å². The maximum atomic E-state index is 5.33. The maximum Gasteiger partial charge on any atom is 0.170 e. The lowest BCUT2D eigenvalue weighted by Gasteiger charge is -2.18. The molecule has 1 heterocycles. The predicted octanol–water partition coefficient (Wildman–Crippen LogP) is 2.83. The van der Waals surface area contributed by atoms with E-state index in [4.69, 9.17) is 4.74 Å².